The zero-order chi connectivity index (χ0) is 20.6. The Bertz CT molecular complexity index is 1300. The molecule has 0 saturated carbocycles. The highest BCUT2D eigenvalue weighted by atomic mass is 32.2. The Morgan fingerprint density at radius 2 is 1.86 bits per heavy atom. The lowest BCUT2D eigenvalue weighted by Gasteiger charge is -2.12. The van der Waals surface area contributed by atoms with Crippen LogP contribution in [0.2, 0.25) is 0 Å². The number of carbonyl (C=O) groups is 1. The molecular formula is C21H16N2O3S3. The molecule has 0 spiro atoms. The van der Waals surface area contributed by atoms with Gasteiger partial charge in [0.2, 0.25) is 0 Å². The largest absolute Gasteiger partial charge is 0.285 e. The number of rotatable bonds is 3. The minimum Gasteiger partial charge on any atom is -0.266 e. The standard InChI is InChI=1S/C21H16N2O3S3/c1-27-21-23-20(24)17(28-21)11-13-8-9-16-15(10-13)19(14-6-4-3-5-7-14)18(12-22-16)29(2,25)26/h3-12H,1-2H3/b17-11-. The van der Waals surface area contributed by atoms with E-state index in [9.17, 15) is 13.2 Å². The Balaban J connectivity index is 1.94. The fourth-order valence-corrected chi connectivity index (χ4v) is 5.36. The molecule has 0 bridgehead atoms. The Morgan fingerprint density at radius 3 is 2.52 bits per heavy atom. The average Bonchev–Trinajstić information content (AvgIpc) is 3.06. The van der Waals surface area contributed by atoms with Crippen LogP contribution in [0.15, 0.2) is 69.5 Å². The molecule has 0 aliphatic carbocycles. The first kappa shape index (κ1) is 19.9. The maximum Gasteiger partial charge on any atom is 0.285 e. The van der Waals surface area contributed by atoms with Gasteiger partial charge in [-0.15, -0.1) is 11.8 Å². The molecule has 0 atom stereocenters. The van der Waals surface area contributed by atoms with Crippen molar-refractivity contribution in [2.75, 3.05) is 12.5 Å². The molecule has 8 heteroatoms. The zero-order valence-electron chi connectivity index (χ0n) is 15.6. The van der Waals surface area contributed by atoms with Crippen LogP contribution in [0.25, 0.3) is 28.1 Å². The van der Waals surface area contributed by atoms with Gasteiger partial charge >= 0.3 is 0 Å². The highest BCUT2D eigenvalue weighted by Gasteiger charge is 2.22. The molecule has 5 nitrogen and oxygen atoms in total. The summed E-state index contributed by atoms with van der Waals surface area (Å²) in [7, 11) is -3.48. The molecule has 0 N–H and O–H groups in total. The number of fused-ring (bicyclic) bond motifs is 1. The van der Waals surface area contributed by atoms with Gasteiger partial charge in [0.1, 0.15) is 4.38 Å². The summed E-state index contributed by atoms with van der Waals surface area (Å²) in [6, 6.07) is 14.9. The number of thioether (sulfide) groups is 2. The average molecular weight is 441 g/mol. The van der Waals surface area contributed by atoms with Gasteiger partial charge in [-0.3, -0.25) is 9.78 Å². The summed E-state index contributed by atoms with van der Waals surface area (Å²) in [4.78, 5) is 21.2. The Kier molecular flexibility index (Phi) is 5.33. The van der Waals surface area contributed by atoms with Crippen molar-refractivity contribution in [3.63, 3.8) is 0 Å². The maximum atomic E-state index is 12.4. The van der Waals surface area contributed by atoms with Crippen LogP contribution in [-0.4, -0.2) is 36.2 Å². The molecule has 2 heterocycles. The van der Waals surface area contributed by atoms with Gasteiger partial charge in [0.05, 0.1) is 15.3 Å². The summed E-state index contributed by atoms with van der Waals surface area (Å²) >= 11 is 2.77. The van der Waals surface area contributed by atoms with E-state index in [2.05, 4.69) is 9.98 Å². The van der Waals surface area contributed by atoms with Crippen molar-refractivity contribution in [1.29, 1.82) is 0 Å². The third kappa shape index (κ3) is 4.01. The predicted octanol–water partition coefficient (Wildman–Crippen LogP) is 4.64. The van der Waals surface area contributed by atoms with Crippen molar-refractivity contribution in [1.82, 2.24) is 4.98 Å². The Hall–Kier alpha value is -2.42. The topological polar surface area (TPSA) is 76.5 Å². The molecule has 0 unspecified atom stereocenters. The van der Waals surface area contributed by atoms with Crippen molar-refractivity contribution in [2.45, 2.75) is 4.90 Å². The van der Waals surface area contributed by atoms with Crippen LogP contribution in [0.4, 0.5) is 0 Å². The van der Waals surface area contributed by atoms with Crippen LogP contribution in [0.5, 0.6) is 0 Å². The van der Waals surface area contributed by atoms with Crippen LogP contribution in [0, 0.1) is 0 Å². The van der Waals surface area contributed by atoms with Crippen LogP contribution in [0.3, 0.4) is 0 Å². The van der Waals surface area contributed by atoms with Crippen LogP contribution < -0.4 is 0 Å². The van der Waals surface area contributed by atoms with Gasteiger partial charge in [0.25, 0.3) is 5.91 Å². The quantitative estimate of drug-likeness (QED) is 0.552. The van der Waals surface area contributed by atoms with Crippen LogP contribution in [0.1, 0.15) is 5.56 Å². The van der Waals surface area contributed by atoms with Crippen molar-refractivity contribution < 1.29 is 13.2 Å². The van der Waals surface area contributed by atoms with E-state index in [0.717, 1.165) is 16.5 Å². The Morgan fingerprint density at radius 1 is 1.10 bits per heavy atom. The first-order chi connectivity index (χ1) is 13.9. The van der Waals surface area contributed by atoms with E-state index in [-0.39, 0.29) is 10.8 Å². The van der Waals surface area contributed by atoms with Crippen LogP contribution in [-0.2, 0) is 14.6 Å². The maximum absolute atomic E-state index is 12.4. The van der Waals surface area contributed by atoms with E-state index in [4.69, 9.17) is 0 Å². The molecule has 2 aromatic carbocycles. The summed E-state index contributed by atoms with van der Waals surface area (Å²) in [6.07, 6.45) is 6.25. The predicted molar refractivity (Wildman–Crippen MR) is 122 cm³/mol. The molecule has 0 radical (unpaired) electrons. The molecule has 4 rings (SSSR count). The highest BCUT2D eigenvalue weighted by molar-refractivity contribution is 8.40. The summed E-state index contributed by atoms with van der Waals surface area (Å²) < 4.78 is 25.6. The molecule has 1 aliphatic heterocycles. The second-order valence-corrected chi connectivity index (χ2v) is 10.5. The second-order valence-electron chi connectivity index (χ2n) is 6.41. The van der Waals surface area contributed by atoms with E-state index >= 15 is 0 Å². The van der Waals surface area contributed by atoms with E-state index in [1.165, 1.54) is 36.0 Å². The summed E-state index contributed by atoms with van der Waals surface area (Å²) in [5.41, 5.74) is 2.88. The first-order valence-corrected chi connectivity index (χ1v) is 12.5. The third-order valence-electron chi connectivity index (χ3n) is 4.39. The van der Waals surface area contributed by atoms with Crippen molar-refractivity contribution in [2.24, 2.45) is 4.99 Å². The number of pyridine rings is 1. The molecule has 3 aromatic rings. The normalized spacial score (nSPS) is 15.9. The monoisotopic (exact) mass is 440 g/mol. The Labute approximate surface area is 177 Å². The van der Waals surface area contributed by atoms with E-state index in [0.29, 0.717) is 20.4 Å². The fraction of sp³-hybridized carbons (Fsp3) is 0.0952. The number of nitrogens with zero attached hydrogens (tertiary/aromatic N) is 2. The van der Waals surface area contributed by atoms with E-state index < -0.39 is 9.84 Å². The molecule has 29 heavy (non-hydrogen) atoms. The van der Waals surface area contributed by atoms with Crippen molar-refractivity contribution in [3.8, 4) is 11.1 Å². The lowest BCUT2D eigenvalue weighted by atomic mass is 9.99. The minimum atomic E-state index is -3.48. The van der Waals surface area contributed by atoms with Gasteiger partial charge in [-0.2, -0.15) is 4.99 Å². The van der Waals surface area contributed by atoms with Gasteiger partial charge in [-0.05, 0) is 35.6 Å². The molecular weight excluding hydrogens is 424 g/mol. The summed E-state index contributed by atoms with van der Waals surface area (Å²) in [5.74, 6) is -0.259. The number of benzene rings is 2. The molecule has 0 fully saturated rings. The smallest absolute Gasteiger partial charge is 0.266 e. The van der Waals surface area contributed by atoms with Crippen molar-refractivity contribution in [3.05, 3.63) is 65.2 Å². The van der Waals surface area contributed by atoms with Gasteiger partial charge < -0.3 is 0 Å². The van der Waals surface area contributed by atoms with Gasteiger partial charge in [0, 0.05) is 23.4 Å². The number of sulfone groups is 1. The molecule has 146 valence electrons. The summed E-state index contributed by atoms with van der Waals surface area (Å²) in [6.45, 7) is 0. The lowest BCUT2D eigenvalue weighted by Crippen LogP contribution is -2.02. The van der Waals surface area contributed by atoms with E-state index in [1.54, 1.807) is 6.08 Å². The number of aliphatic imine (C=N–C) groups is 1. The number of amides is 1. The molecule has 1 aliphatic rings. The third-order valence-corrected chi connectivity index (χ3v) is 7.47. The number of hydrogen-bond donors (Lipinski definition) is 0. The number of carbonyl (C=O) groups excluding carboxylic acids is 1. The lowest BCUT2D eigenvalue weighted by molar-refractivity contribution is -0.113. The van der Waals surface area contributed by atoms with Gasteiger partial charge in [0.15, 0.2) is 9.84 Å². The van der Waals surface area contributed by atoms with Gasteiger partial charge in [-0.1, -0.05) is 48.2 Å². The van der Waals surface area contributed by atoms with E-state index in [1.807, 2.05) is 54.8 Å². The first-order valence-electron chi connectivity index (χ1n) is 8.61. The minimum absolute atomic E-state index is 0.181. The molecule has 1 amide bonds. The number of aromatic nitrogens is 1. The summed E-state index contributed by atoms with van der Waals surface area (Å²) in [5, 5.41) is 0.718. The number of hydrogen-bond acceptors (Lipinski definition) is 6. The second kappa shape index (κ2) is 7.78. The van der Waals surface area contributed by atoms with Gasteiger partial charge in [-0.25, -0.2) is 8.42 Å². The zero-order valence-corrected chi connectivity index (χ0v) is 18.1. The fourth-order valence-electron chi connectivity index (χ4n) is 3.09. The molecule has 0 saturated heterocycles. The van der Waals surface area contributed by atoms with Crippen molar-refractivity contribution >= 4 is 60.6 Å². The van der Waals surface area contributed by atoms with Crippen LogP contribution >= 0.6 is 23.5 Å². The highest BCUT2D eigenvalue weighted by Crippen LogP contribution is 2.36. The molecule has 1 aromatic heterocycles. The SMILES string of the molecule is CSC1=NC(=O)/C(=C/c2ccc3ncc(S(C)(=O)=O)c(-c4ccccc4)c3c2)S1.